The van der Waals surface area contributed by atoms with Gasteiger partial charge >= 0.3 is 0 Å². The Hall–Kier alpha value is -1.97. The molecule has 62 valence electrons. The molecule has 0 aliphatic heterocycles. The number of aromatic nitrogens is 4. The maximum absolute atomic E-state index is 4.12. The average molecular weight is 170 g/mol. The molecule has 0 fully saturated rings. The number of hydrogen-bond donors (Lipinski definition) is 1. The zero-order valence-electron chi connectivity index (χ0n) is 6.73. The van der Waals surface area contributed by atoms with Crippen molar-refractivity contribution < 1.29 is 0 Å². The molecule has 0 aliphatic carbocycles. The fourth-order valence-electron chi connectivity index (χ4n) is 1.42. The lowest BCUT2D eigenvalue weighted by atomic mass is 10.2. The van der Waals surface area contributed by atoms with E-state index < -0.39 is 0 Å². The van der Waals surface area contributed by atoms with Crippen molar-refractivity contribution in [3.63, 3.8) is 0 Å². The van der Waals surface area contributed by atoms with Gasteiger partial charge in [0, 0.05) is 17.0 Å². The van der Waals surface area contributed by atoms with Gasteiger partial charge in [-0.2, -0.15) is 5.10 Å². The van der Waals surface area contributed by atoms with Gasteiger partial charge in [-0.05, 0) is 12.1 Å². The average Bonchev–Trinajstić information content (AvgIpc) is 2.61. The van der Waals surface area contributed by atoms with E-state index in [1.807, 2.05) is 18.3 Å². The molecule has 0 unspecified atom stereocenters. The number of fused-ring (bicyclic) bond motifs is 2. The normalized spacial score (nSPS) is 11.1. The summed E-state index contributed by atoms with van der Waals surface area (Å²) in [5.74, 6) is 0. The predicted octanol–water partition coefficient (Wildman–Crippen LogP) is 1.51. The van der Waals surface area contributed by atoms with Crippen LogP contribution in [0.2, 0.25) is 0 Å². The summed E-state index contributed by atoms with van der Waals surface area (Å²) in [5.41, 5.74) is 1.84. The van der Waals surface area contributed by atoms with Crippen LogP contribution in [0.25, 0.3) is 21.8 Å². The first-order valence-corrected chi connectivity index (χ1v) is 3.97. The van der Waals surface area contributed by atoms with Crippen LogP contribution in [-0.4, -0.2) is 20.2 Å². The highest BCUT2D eigenvalue weighted by Crippen LogP contribution is 2.17. The molecule has 0 amide bonds. The minimum atomic E-state index is 0.917. The number of imidazole rings is 1. The summed E-state index contributed by atoms with van der Waals surface area (Å²) < 4.78 is 0. The second-order valence-corrected chi connectivity index (χ2v) is 2.88. The summed E-state index contributed by atoms with van der Waals surface area (Å²) >= 11 is 0. The van der Waals surface area contributed by atoms with Crippen molar-refractivity contribution in [1.82, 2.24) is 20.2 Å². The van der Waals surface area contributed by atoms with E-state index in [1.165, 1.54) is 0 Å². The van der Waals surface area contributed by atoms with Gasteiger partial charge in [0.05, 0.1) is 17.2 Å². The van der Waals surface area contributed by atoms with Crippen LogP contribution >= 0.6 is 0 Å². The number of hydrogen-bond acceptors (Lipinski definition) is 3. The molecule has 1 N–H and O–H groups in total. The van der Waals surface area contributed by atoms with E-state index >= 15 is 0 Å². The monoisotopic (exact) mass is 170 g/mol. The third kappa shape index (κ3) is 0.885. The number of nitrogens with one attached hydrogen (secondary N) is 1. The summed E-state index contributed by atoms with van der Waals surface area (Å²) in [5, 5.41) is 8.90. The topological polar surface area (TPSA) is 54.5 Å². The lowest BCUT2D eigenvalue weighted by Gasteiger charge is -1.94. The number of aromatic amines is 1. The van der Waals surface area contributed by atoms with Crippen LogP contribution in [0.1, 0.15) is 0 Å². The second kappa shape index (κ2) is 2.26. The molecule has 2 aromatic heterocycles. The van der Waals surface area contributed by atoms with Gasteiger partial charge < -0.3 is 0 Å². The molecule has 0 radical (unpaired) electrons. The first kappa shape index (κ1) is 6.54. The SMILES string of the molecule is c1nc2cc3cn[nH]cc3cc2n1. The molecule has 13 heavy (non-hydrogen) atoms. The van der Waals surface area contributed by atoms with Gasteiger partial charge in [-0.25, -0.2) is 9.97 Å². The Labute approximate surface area is 73.6 Å². The predicted molar refractivity (Wildman–Crippen MR) is 49.2 cm³/mol. The third-order valence-electron chi connectivity index (χ3n) is 2.07. The molecule has 0 bridgehead atoms. The summed E-state index contributed by atoms with van der Waals surface area (Å²) in [4.78, 5) is 8.24. The molecule has 2 heterocycles. The lowest BCUT2D eigenvalue weighted by molar-refractivity contribution is 1.05. The molecular weight excluding hydrogens is 164 g/mol. The highest BCUT2D eigenvalue weighted by Gasteiger charge is 1.99. The van der Waals surface area contributed by atoms with Crippen LogP contribution in [0.3, 0.4) is 0 Å². The zero-order chi connectivity index (χ0) is 8.67. The third-order valence-corrected chi connectivity index (χ3v) is 2.07. The smallest absolute Gasteiger partial charge is 0.116 e. The van der Waals surface area contributed by atoms with Crippen LogP contribution in [0, 0.1) is 0 Å². The van der Waals surface area contributed by atoms with Gasteiger partial charge in [0.1, 0.15) is 6.33 Å². The van der Waals surface area contributed by atoms with Crippen LogP contribution < -0.4 is 0 Å². The minimum Gasteiger partial charge on any atom is -0.285 e. The van der Waals surface area contributed by atoms with Gasteiger partial charge in [-0.3, -0.25) is 5.10 Å². The maximum atomic E-state index is 4.12. The van der Waals surface area contributed by atoms with Crippen molar-refractivity contribution in [3.8, 4) is 0 Å². The largest absolute Gasteiger partial charge is 0.285 e. The Balaban J connectivity index is 2.57. The first-order chi connectivity index (χ1) is 6.43. The molecule has 3 rings (SSSR count). The molecule has 1 aromatic carbocycles. The Kier molecular flexibility index (Phi) is 1.14. The Morgan fingerprint density at radius 1 is 1.00 bits per heavy atom. The van der Waals surface area contributed by atoms with Crippen molar-refractivity contribution in [2.45, 2.75) is 0 Å². The molecule has 0 aliphatic rings. The maximum Gasteiger partial charge on any atom is 0.116 e. The molecule has 0 spiro atoms. The fraction of sp³-hybridized carbons (Fsp3) is 0. The second-order valence-electron chi connectivity index (χ2n) is 2.88. The van der Waals surface area contributed by atoms with E-state index in [4.69, 9.17) is 0 Å². The summed E-state index contributed by atoms with van der Waals surface area (Å²) in [6.45, 7) is 0. The van der Waals surface area contributed by atoms with Crippen LogP contribution in [0.15, 0.2) is 30.9 Å². The van der Waals surface area contributed by atoms with Crippen LogP contribution in [0.5, 0.6) is 0 Å². The van der Waals surface area contributed by atoms with Gasteiger partial charge in [0.25, 0.3) is 0 Å². The molecule has 0 saturated heterocycles. The van der Waals surface area contributed by atoms with Crippen molar-refractivity contribution in [2.24, 2.45) is 0 Å². The van der Waals surface area contributed by atoms with E-state index in [0.29, 0.717) is 0 Å². The van der Waals surface area contributed by atoms with Crippen molar-refractivity contribution in [1.29, 1.82) is 0 Å². The van der Waals surface area contributed by atoms with Crippen LogP contribution in [-0.2, 0) is 0 Å². The van der Waals surface area contributed by atoms with E-state index in [-0.39, 0.29) is 0 Å². The van der Waals surface area contributed by atoms with Crippen molar-refractivity contribution >= 4 is 21.8 Å². The Morgan fingerprint density at radius 3 is 2.62 bits per heavy atom. The molecular formula is C9H6N4. The van der Waals surface area contributed by atoms with Gasteiger partial charge in [0.15, 0.2) is 0 Å². The van der Waals surface area contributed by atoms with E-state index in [1.54, 1.807) is 12.5 Å². The van der Waals surface area contributed by atoms with E-state index in [0.717, 1.165) is 21.8 Å². The van der Waals surface area contributed by atoms with E-state index in [2.05, 4.69) is 20.2 Å². The number of benzene rings is 1. The Morgan fingerprint density at radius 2 is 1.77 bits per heavy atom. The van der Waals surface area contributed by atoms with Crippen molar-refractivity contribution in [3.05, 3.63) is 30.9 Å². The van der Waals surface area contributed by atoms with Crippen molar-refractivity contribution in [2.75, 3.05) is 0 Å². The van der Waals surface area contributed by atoms with Crippen LogP contribution in [0.4, 0.5) is 0 Å². The highest BCUT2D eigenvalue weighted by molar-refractivity contribution is 5.93. The molecule has 4 heteroatoms. The minimum absolute atomic E-state index is 0.917. The summed E-state index contributed by atoms with van der Waals surface area (Å²) in [6.07, 6.45) is 5.20. The van der Waals surface area contributed by atoms with E-state index in [9.17, 15) is 0 Å². The number of rotatable bonds is 0. The quantitative estimate of drug-likeness (QED) is 0.556. The zero-order valence-corrected chi connectivity index (χ0v) is 6.73. The van der Waals surface area contributed by atoms with Gasteiger partial charge in [0.2, 0.25) is 0 Å². The molecule has 4 nitrogen and oxygen atoms in total. The highest BCUT2D eigenvalue weighted by atomic mass is 15.1. The lowest BCUT2D eigenvalue weighted by Crippen LogP contribution is -1.80. The fourth-order valence-corrected chi connectivity index (χ4v) is 1.42. The van der Waals surface area contributed by atoms with Gasteiger partial charge in [-0.1, -0.05) is 0 Å². The Bertz CT molecular complexity index is 520. The van der Waals surface area contributed by atoms with Gasteiger partial charge in [-0.15, -0.1) is 0 Å². The number of nitrogens with zero attached hydrogens (tertiary/aromatic N) is 3. The molecule has 0 saturated carbocycles. The summed E-state index contributed by atoms with van der Waals surface area (Å²) in [7, 11) is 0. The summed E-state index contributed by atoms with van der Waals surface area (Å²) in [6, 6.07) is 3.98. The molecule has 3 aromatic rings. The standard InChI is InChI=1S/C9H6N4/c1-6-3-12-13-4-7(6)2-9-8(1)10-5-11-9/h1-5,12H. The number of H-pyrrole nitrogens is 1. The molecule has 0 atom stereocenters. The first-order valence-electron chi connectivity index (χ1n) is 3.97.